The van der Waals surface area contributed by atoms with E-state index in [0.29, 0.717) is 12.4 Å². The second-order valence-corrected chi connectivity index (χ2v) is 5.04. The van der Waals surface area contributed by atoms with Crippen molar-refractivity contribution in [2.75, 3.05) is 6.54 Å². The Labute approximate surface area is 111 Å². The number of rotatable bonds is 4. The van der Waals surface area contributed by atoms with Gasteiger partial charge in [-0.2, -0.15) is 0 Å². The first-order valence-electron chi connectivity index (χ1n) is 6.59. The van der Waals surface area contributed by atoms with Crippen LogP contribution in [0.5, 0.6) is 5.88 Å². The molecule has 0 bridgehead atoms. The van der Waals surface area contributed by atoms with Crippen molar-refractivity contribution in [3.8, 4) is 5.88 Å². The third-order valence-corrected chi connectivity index (χ3v) is 3.83. The Morgan fingerprint density at radius 2 is 2.21 bits per heavy atom. The minimum absolute atomic E-state index is 0.0488. The Hall–Kier alpha value is -1.63. The molecule has 1 aromatic heterocycles. The van der Waals surface area contributed by atoms with Crippen LogP contribution in [0.25, 0.3) is 0 Å². The van der Waals surface area contributed by atoms with Crippen molar-refractivity contribution in [1.29, 1.82) is 0 Å². The van der Waals surface area contributed by atoms with Gasteiger partial charge in [-0.05, 0) is 35.7 Å². The summed E-state index contributed by atoms with van der Waals surface area (Å²) in [6, 6.07) is 0. The molecule has 0 saturated heterocycles. The van der Waals surface area contributed by atoms with Crippen molar-refractivity contribution in [3.05, 3.63) is 15.9 Å². The molecule has 7 heteroatoms. The topological polar surface area (TPSA) is 96.2 Å². The van der Waals surface area contributed by atoms with E-state index in [9.17, 15) is 10.1 Å². The van der Waals surface area contributed by atoms with Crippen LogP contribution in [0, 0.1) is 23.0 Å². The number of imidazole rings is 1. The molecule has 2 rings (SSSR count). The number of nitrogens with two attached hydrogens (primary N) is 1. The highest BCUT2D eigenvalue weighted by atomic mass is 16.6. The summed E-state index contributed by atoms with van der Waals surface area (Å²) in [4.78, 5) is 14.4. The maximum Gasteiger partial charge on any atom is 0.426 e. The second kappa shape index (κ2) is 5.56. The van der Waals surface area contributed by atoms with E-state index in [1.807, 2.05) is 0 Å². The Bertz CT molecular complexity index is 472. The fourth-order valence-electron chi connectivity index (χ4n) is 2.57. The molecule has 0 aromatic carbocycles. The minimum atomic E-state index is -0.497. The fourth-order valence-corrected chi connectivity index (χ4v) is 2.57. The minimum Gasteiger partial charge on any atom is -0.469 e. The molecule has 1 aliphatic carbocycles. The van der Waals surface area contributed by atoms with Gasteiger partial charge in [0.25, 0.3) is 5.88 Å². The molecule has 0 aliphatic heterocycles. The van der Waals surface area contributed by atoms with E-state index >= 15 is 0 Å². The van der Waals surface area contributed by atoms with Crippen LogP contribution >= 0.6 is 0 Å². The van der Waals surface area contributed by atoms with Gasteiger partial charge in [0.05, 0.1) is 0 Å². The van der Waals surface area contributed by atoms with Gasteiger partial charge in [0.1, 0.15) is 6.10 Å². The van der Waals surface area contributed by atoms with Crippen molar-refractivity contribution in [1.82, 2.24) is 9.55 Å². The number of nitro groups is 1. The fraction of sp³-hybridized carbons (Fsp3) is 0.750. The number of hydrogen-bond donors (Lipinski definition) is 1. The molecule has 2 N–H and O–H groups in total. The first-order chi connectivity index (χ1) is 9.04. The van der Waals surface area contributed by atoms with Gasteiger partial charge in [-0.3, -0.25) is 4.57 Å². The molecule has 1 aliphatic rings. The highest BCUT2D eigenvalue weighted by Gasteiger charge is 2.32. The average Bonchev–Trinajstić information content (AvgIpc) is 2.68. The molecule has 1 aromatic rings. The van der Waals surface area contributed by atoms with E-state index in [1.165, 1.54) is 0 Å². The third-order valence-electron chi connectivity index (χ3n) is 3.83. The van der Waals surface area contributed by atoms with Crippen molar-refractivity contribution in [2.45, 2.75) is 38.7 Å². The predicted molar refractivity (Wildman–Crippen MR) is 70.0 cm³/mol. The van der Waals surface area contributed by atoms with Gasteiger partial charge in [0, 0.05) is 19.9 Å². The van der Waals surface area contributed by atoms with Crippen LogP contribution in [-0.4, -0.2) is 27.1 Å². The van der Waals surface area contributed by atoms with Gasteiger partial charge < -0.3 is 20.6 Å². The smallest absolute Gasteiger partial charge is 0.426 e. The molecule has 2 unspecified atom stereocenters. The normalized spacial score (nSPS) is 23.3. The van der Waals surface area contributed by atoms with Gasteiger partial charge in [0.2, 0.25) is 5.82 Å². The van der Waals surface area contributed by atoms with E-state index in [1.54, 1.807) is 18.5 Å². The Kier molecular flexibility index (Phi) is 4.04. The lowest BCUT2D eigenvalue weighted by Gasteiger charge is -2.30. The van der Waals surface area contributed by atoms with Crippen molar-refractivity contribution >= 4 is 5.82 Å². The molecule has 106 valence electrons. The van der Waals surface area contributed by atoms with Gasteiger partial charge in [0.15, 0.2) is 0 Å². The highest BCUT2D eigenvalue weighted by molar-refractivity contribution is 5.36. The van der Waals surface area contributed by atoms with E-state index < -0.39 is 4.92 Å². The Morgan fingerprint density at radius 1 is 1.53 bits per heavy atom. The quantitative estimate of drug-likeness (QED) is 0.660. The average molecular weight is 268 g/mol. The summed E-state index contributed by atoms with van der Waals surface area (Å²) in [5.74, 6) is 0.875. The summed E-state index contributed by atoms with van der Waals surface area (Å²) in [5.41, 5.74) is 5.75. The maximum atomic E-state index is 11.0. The maximum absolute atomic E-state index is 11.0. The van der Waals surface area contributed by atoms with Gasteiger partial charge in [-0.25, -0.2) is 0 Å². The molecule has 0 spiro atoms. The summed E-state index contributed by atoms with van der Waals surface area (Å²) >= 11 is 0. The summed E-state index contributed by atoms with van der Waals surface area (Å²) in [5, 5.41) is 11.0. The molecular weight excluding hydrogens is 248 g/mol. The lowest BCUT2D eigenvalue weighted by molar-refractivity contribution is -0.390. The largest absolute Gasteiger partial charge is 0.469 e. The van der Waals surface area contributed by atoms with Crippen molar-refractivity contribution < 1.29 is 9.66 Å². The van der Waals surface area contributed by atoms with Crippen molar-refractivity contribution in [3.63, 3.8) is 0 Å². The van der Waals surface area contributed by atoms with E-state index in [0.717, 1.165) is 25.7 Å². The highest BCUT2D eigenvalue weighted by Crippen LogP contribution is 2.32. The molecule has 1 heterocycles. The number of aromatic nitrogens is 2. The van der Waals surface area contributed by atoms with E-state index in [2.05, 4.69) is 4.98 Å². The van der Waals surface area contributed by atoms with Crippen LogP contribution in [0.1, 0.15) is 31.5 Å². The summed E-state index contributed by atoms with van der Waals surface area (Å²) in [6.07, 6.45) is 4.09. The molecule has 0 amide bonds. The lowest BCUT2D eigenvalue weighted by atomic mass is 9.86. The molecule has 1 fully saturated rings. The molecular formula is C12H20N4O3. The molecule has 1 saturated carbocycles. The summed E-state index contributed by atoms with van der Waals surface area (Å²) < 4.78 is 7.51. The van der Waals surface area contributed by atoms with Crippen LogP contribution in [0.3, 0.4) is 0 Å². The van der Waals surface area contributed by atoms with Crippen LogP contribution in [0.4, 0.5) is 5.82 Å². The first kappa shape index (κ1) is 13.8. The standard InChI is InChI=1S/C12H20N4O3/c1-8-14-11(16(17)18)12(15(8)2)19-10-6-4-3-5-9(10)7-13/h9-10H,3-7,13H2,1-2H3. The predicted octanol–water partition coefficient (Wildman–Crippen LogP) is 1.53. The van der Waals surface area contributed by atoms with Crippen LogP contribution in [-0.2, 0) is 7.05 Å². The van der Waals surface area contributed by atoms with E-state index in [-0.39, 0.29) is 23.7 Å². The monoisotopic (exact) mass is 268 g/mol. The summed E-state index contributed by atoms with van der Waals surface area (Å²) in [7, 11) is 1.73. The number of hydrogen-bond acceptors (Lipinski definition) is 5. The zero-order valence-electron chi connectivity index (χ0n) is 11.3. The van der Waals surface area contributed by atoms with Crippen LogP contribution in [0.2, 0.25) is 0 Å². The van der Waals surface area contributed by atoms with Gasteiger partial charge in [-0.1, -0.05) is 6.42 Å². The summed E-state index contributed by atoms with van der Waals surface area (Å²) in [6.45, 7) is 2.27. The first-order valence-corrected chi connectivity index (χ1v) is 6.59. The molecule has 2 atom stereocenters. The zero-order chi connectivity index (χ0) is 14.0. The van der Waals surface area contributed by atoms with E-state index in [4.69, 9.17) is 10.5 Å². The Balaban J connectivity index is 2.24. The van der Waals surface area contributed by atoms with Gasteiger partial charge in [-0.15, -0.1) is 0 Å². The van der Waals surface area contributed by atoms with Gasteiger partial charge >= 0.3 is 5.82 Å². The molecule has 0 radical (unpaired) electrons. The SMILES string of the molecule is Cc1nc([N+](=O)[O-])c(OC2CCCCC2CN)n1C. The number of nitrogens with zero attached hydrogens (tertiary/aromatic N) is 3. The third kappa shape index (κ3) is 2.70. The second-order valence-electron chi connectivity index (χ2n) is 5.04. The zero-order valence-corrected chi connectivity index (χ0v) is 11.3. The Morgan fingerprint density at radius 3 is 2.84 bits per heavy atom. The number of ether oxygens (including phenoxy) is 1. The van der Waals surface area contributed by atoms with Crippen molar-refractivity contribution in [2.24, 2.45) is 18.7 Å². The molecule has 7 nitrogen and oxygen atoms in total. The van der Waals surface area contributed by atoms with Crippen LogP contribution < -0.4 is 10.5 Å². The number of aryl methyl sites for hydroxylation is 1. The van der Waals surface area contributed by atoms with Crippen LogP contribution in [0.15, 0.2) is 0 Å². The molecule has 19 heavy (non-hydrogen) atoms. The lowest BCUT2D eigenvalue weighted by Crippen LogP contribution is -2.35.